The first-order valence-electron chi connectivity index (χ1n) is 17.4. The summed E-state index contributed by atoms with van der Waals surface area (Å²) in [5.74, 6) is -8.96. The van der Waals surface area contributed by atoms with Crippen molar-refractivity contribution in [1.29, 1.82) is 0 Å². The first kappa shape index (κ1) is 49.5. The normalized spacial score (nSPS) is 15.5. The van der Waals surface area contributed by atoms with Crippen molar-refractivity contribution in [3.05, 3.63) is 107 Å². The van der Waals surface area contributed by atoms with Crippen molar-refractivity contribution in [2.75, 3.05) is 26.2 Å². The number of imide groups is 2. The number of nitrogens with zero attached hydrogens (tertiary/aromatic N) is 3. The second-order valence-corrected chi connectivity index (χ2v) is 12.9. The Kier molecular flexibility index (Phi) is 16.5. The summed E-state index contributed by atoms with van der Waals surface area (Å²) in [7, 11) is 0. The van der Waals surface area contributed by atoms with Gasteiger partial charge >= 0.3 is 42.5 Å². The second-order valence-electron chi connectivity index (χ2n) is 12.9. The lowest BCUT2D eigenvalue weighted by atomic mass is 9.84. The number of fused-ring (bicyclic) bond motifs is 1. The summed E-state index contributed by atoms with van der Waals surface area (Å²) in [6.45, 7) is 5.39. The topological polar surface area (TPSA) is 216 Å². The van der Waals surface area contributed by atoms with Crippen molar-refractivity contribution >= 4 is 46.7 Å². The Hall–Kier alpha value is -6.82. The lowest BCUT2D eigenvalue weighted by Crippen LogP contribution is -2.72. The first-order valence-corrected chi connectivity index (χ1v) is 17.4. The molecule has 0 aliphatic carbocycles. The number of pyridine rings is 1. The number of hydrogen-bond donors (Lipinski definition) is 5. The van der Waals surface area contributed by atoms with Crippen LogP contribution in [-0.2, 0) is 42.7 Å². The van der Waals surface area contributed by atoms with Gasteiger partial charge in [-0.3, -0.25) is 35.0 Å². The minimum Gasteiger partial charge on any atom is -0.489 e. The number of urea groups is 1. The maximum Gasteiger partial charge on any atom is 0.490 e. The number of benzene rings is 3. The lowest BCUT2D eigenvalue weighted by molar-refractivity contribution is -0.193. The highest BCUT2D eigenvalue weighted by molar-refractivity contribution is 6.22. The maximum absolute atomic E-state index is 13.5. The number of ether oxygens (including phenoxy) is 1. The van der Waals surface area contributed by atoms with Gasteiger partial charge in [-0.1, -0.05) is 60.7 Å². The number of rotatable bonds is 7. The zero-order valence-electron chi connectivity index (χ0n) is 31.8. The molecule has 15 nitrogen and oxygen atoms in total. The van der Waals surface area contributed by atoms with Crippen LogP contribution in [0.1, 0.15) is 22.4 Å². The van der Waals surface area contributed by atoms with Crippen molar-refractivity contribution in [3.8, 4) is 5.75 Å². The number of carboxylic acids is 3. The maximum atomic E-state index is 13.5. The standard InChI is InChI=1S/C32H31N5O4.3C2HF3O2/c1-22-19-24(27-9-5-6-10-28(27)33-22)21-41-26-13-11-25(12-14-26)32(29(38)34-31(40)35-30(32)39)37-17-15-36(16-18-37)20-23-7-3-2-4-8-23;3*3-2(4,5)1(6)7/h2-14,19H,15-18,20-21H2,1H3,(H2,34,35,38,39,40);3*(H,6,7). The molecule has 334 valence electrons. The number of halogens is 9. The van der Waals surface area contributed by atoms with E-state index in [0.29, 0.717) is 44.1 Å². The van der Waals surface area contributed by atoms with Crippen LogP contribution in [0.15, 0.2) is 84.9 Å². The molecule has 0 spiro atoms. The summed E-state index contributed by atoms with van der Waals surface area (Å²) in [5, 5.41) is 27.1. The van der Waals surface area contributed by atoms with Gasteiger partial charge in [-0.05, 0) is 42.3 Å². The van der Waals surface area contributed by atoms with E-state index in [1.54, 1.807) is 24.3 Å². The van der Waals surface area contributed by atoms with Gasteiger partial charge in [0.15, 0.2) is 0 Å². The number of para-hydroxylation sites is 1. The van der Waals surface area contributed by atoms with Crippen LogP contribution in [0, 0.1) is 6.92 Å². The van der Waals surface area contributed by atoms with Gasteiger partial charge in [-0.15, -0.1) is 0 Å². The highest BCUT2D eigenvalue weighted by Gasteiger charge is 2.56. The molecule has 5 N–H and O–H groups in total. The molecule has 2 aliphatic rings. The van der Waals surface area contributed by atoms with Crippen molar-refractivity contribution < 1.29 is 88.3 Å². The zero-order chi connectivity index (χ0) is 46.6. The Labute approximate surface area is 343 Å². The molecule has 24 heteroatoms. The fourth-order valence-corrected chi connectivity index (χ4v) is 5.80. The van der Waals surface area contributed by atoms with Crippen LogP contribution in [0.5, 0.6) is 5.75 Å². The third-order valence-electron chi connectivity index (χ3n) is 8.53. The van der Waals surface area contributed by atoms with Crippen LogP contribution in [0.25, 0.3) is 10.9 Å². The number of carboxylic acid groups (broad SMARTS) is 3. The number of barbiturate groups is 1. The molecule has 4 amide bonds. The fourth-order valence-electron chi connectivity index (χ4n) is 5.80. The summed E-state index contributed by atoms with van der Waals surface area (Å²) < 4.78 is 101. The predicted octanol–water partition coefficient (Wildman–Crippen LogP) is 5.40. The van der Waals surface area contributed by atoms with Gasteiger partial charge in [0.25, 0.3) is 11.8 Å². The third-order valence-corrected chi connectivity index (χ3v) is 8.53. The molecular formula is C38H34F9N5O10. The van der Waals surface area contributed by atoms with E-state index in [-0.39, 0.29) is 0 Å². The Balaban J connectivity index is 0.000000403. The SMILES string of the molecule is Cc1cc(COc2ccc(C3(N4CCN(Cc5ccccc5)CC4)C(=O)NC(=O)NC3=O)cc2)c2ccccc2n1.O=C(O)C(F)(F)F.O=C(O)C(F)(F)F.O=C(O)C(F)(F)F. The molecule has 62 heavy (non-hydrogen) atoms. The molecule has 1 aromatic heterocycles. The Morgan fingerprint density at radius 3 is 1.61 bits per heavy atom. The van der Waals surface area contributed by atoms with Crippen LogP contribution in [-0.4, -0.2) is 111 Å². The van der Waals surface area contributed by atoms with Crippen LogP contribution in [0.3, 0.4) is 0 Å². The number of amides is 4. The number of nitrogens with one attached hydrogen (secondary N) is 2. The van der Waals surface area contributed by atoms with Crippen molar-refractivity contribution in [1.82, 2.24) is 25.4 Å². The zero-order valence-corrected chi connectivity index (χ0v) is 31.8. The molecule has 4 aromatic rings. The van der Waals surface area contributed by atoms with Gasteiger partial charge in [-0.25, -0.2) is 19.2 Å². The van der Waals surface area contributed by atoms with Crippen molar-refractivity contribution in [3.63, 3.8) is 0 Å². The molecule has 0 unspecified atom stereocenters. The molecular weight excluding hydrogens is 857 g/mol. The predicted molar refractivity (Wildman–Crippen MR) is 195 cm³/mol. The lowest BCUT2D eigenvalue weighted by Gasteiger charge is -2.46. The van der Waals surface area contributed by atoms with E-state index < -0.39 is 59.8 Å². The highest BCUT2D eigenvalue weighted by Crippen LogP contribution is 2.34. The quantitative estimate of drug-likeness (QED) is 0.116. The number of aryl methyl sites for hydroxylation is 1. The monoisotopic (exact) mass is 891 g/mol. The number of carbonyl (C=O) groups is 6. The smallest absolute Gasteiger partial charge is 0.489 e. The van der Waals surface area contributed by atoms with Crippen LogP contribution < -0.4 is 15.4 Å². The average Bonchev–Trinajstić information content (AvgIpc) is 3.18. The van der Waals surface area contributed by atoms with Gasteiger partial charge in [0, 0.05) is 49.4 Å². The molecule has 2 saturated heterocycles. The molecule has 2 fully saturated rings. The van der Waals surface area contributed by atoms with Crippen LogP contribution in [0.4, 0.5) is 44.3 Å². The number of piperazine rings is 1. The van der Waals surface area contributed by atoms with Gasteiger partial charge in [0.05, 0.1) is 5.52 Å². The van der Waals surface area contributed by atoms with Crippen molar-refractivity contribution in [2.24, 2.45) is 0 Å². The van der Waals surface area contributed by atoms with E-state index in [2.05, 4.69) is 32.7 Å². The Bertz CT molecular complexity index is 2150. The third kappa shape index (κ3) is 13.6. The molecule has 0 saturated carbocycles. The molecule has 3 heterocycles. The largest absolute Gasteiger partial charge is 0.490 e. The van der Waals surface area contributed by atoms with Crippen LogP contribution >= 0.6 is 0 Å². The minimum atomic E-state index is -5.08. The number of carbonyl (C=O) groups excluding carboxylic acids is 3. The Morgan fingerprint density at radius 1 is 0.694 bits per heavy atom. The van der Waals surface area contributed by atoms with E-state index in [1.807, 2.05) is 60.4 Å². The van der Waals surface area contributed by atoms with Gasteiger partial charge < -0.3 is 20.1 Å². The second kappa shape index (κ2) is 20.6. The fraction of sp³-hybridized carbons (Fsp3) is 0.289. The molecule has 3 aromatic carbocycles. The van der Waals surface area contributed by atoms with Gasteiger partial charge in [0.1, 0.15) is 12.4 Å². The number of alkyl halides is 9. The molecule has 6 rings (SSSR count). The van der Waals surface area contributed by atoms with Gasteiger partial charge in [-0.2, -0.15) is 39.5 Å². The van der Waals surface area contributed by atoms with Crippen LogP contribution in [0.2, 0.25) is 0 Å². The number of aromatic nitrogens is 1. The van der Waals surface area contributed by atoms with E-state index in [9.17, 15) is 53.9 Å². The van der Waals surface area contributed by atoms with E-state index in [4.69, 9.17) is 34.4 Å². The van der Waals surface area contributed by atoms with E-state index in [0.717, 1.165) is 28.7 Å². The molecule has 0 bridgehead atoms. The average molecular weight is 892 g/mol. The summed E-state index contributed by atoms with van der Waals surface area (Å²) in [6.07, 6.45) is -15.3. The minimum absolute atomic E-state index is 0.340. The summed E-state index contributed by atoms with van der Waals surface area (Å²) in [5.41, 5.74) is 2.87. The number of aliphatic carboxylic acids is 3. The highest BCUT2D eigenvalue weighted by atomic mass is 19.4. The molecule has 0 atom stereocenters. The Morgan fingerprint density at radius 2 is 1.15 bits per heavy atom. The number of hydrogen-bond acceptors (Lipinski definition) is 10. The summed E-state index contributed by atoms with van der Waals surface area (Å²) in [4.78, 5) is 74.4. The first-order chi connectivity index (χ1) is 28.8. The summed E-state index contributed by atoms with van der Waals surface area (Å²) in [6, 6.07) is 26.3. The molecule has 0 radical (unpaired) electrons. The summed E-state index contributed by atoms with van der Waals surface area (Å²) >= 11 is 0. The van der Waals surface area contributed by atoms with Gasteiger partial charge in [0.2, 0.25) is 5.54 Å². The van der Waals surface area contributed by atoms with E-state index >= 15 is 0 Å². The van der Waals surface area contributed by atoms with E-state index in [1.165, 1.54) is 5.56 Å². The molecule has 2 aliphatic heterocycles. The van der Waals surface area contributed by atoms with Crippen molar-refractivity contribution in [2.45, 2.75) is 44.1 Å².